The van der Waals surface area contributed by atoms with Crippen molar-refractivity contribution in [3.63, 3.8) is 0 Å². The first-order valence-electron chi connectivity index (χ1n) is 6.81. The Balaban J connectivity index is 1.77. The van der Waals surface area contributed by atoms with E-state index in [1.807, 2.05) is 12.1 Å². The van der Waals surface area contributed by atoms with Crippen LogP contribution in [0.2, 0.25) is 10.0 Å². The molecule has 0 bridgehead atoms. The second-order valence-corrected chi connectivity index (χ2v) is 6.00. The van der Waals surface area contributed by atoms with Gasteiger partial charge in [0.1, 0.15) is 0 Å². The van der Waals surface area contributed by atoms with Crippen LogP contribution >= 0.6 is 23.2 Å². The number of benzene rings is 1. The van der Waals surface area contributed by atoms with Gasteiger partial charge in [-0.3, -0.25) is 9.59 Å². The number of esters is 1. The Bertz CT molecular complexity index is 527. The van der Waals surface area contributed by atoms with Crippen molar-refractivity contribution in [2.45, 2.75) is 25.2 Å². The number of rotatable bonds is 6. The molecule has 1 aliphatic rings. The minimum Gasteiger partial charge on any atom is -0.469 e. The van der Waals surface area contributed by atoms with E-state index in [0.29, 0.717) is 29.4 Å². The molecule has 0 unspecified atom stereocenters. The van der Waals surface area contributed by atoms with Crippen LogP contribution in [0.15, 0.2) is 18.2 Å². The van der Waals surface area contributed by atoms with Crippen molar-refractivity contribution in [1.82, 2.24) is 5.32 Å². The van der Waals surface area contributed by atoms with Gasteiger partial charge in [0.2, 0.25) is 5.91 Å². The van der Waals surface area contributed by atoms with Gasteiger partial charge in [-0.2, -0.15) is 0 Å². The first kappa shape index (κ1) is 16.1. The minimum atomic E-state index is -0.262. The molecule has 0 saturated heterocycles. The zero-order chi connectivity index (χ0) is 15.4. The van der Waals surface area contributed by atoms with Crippen LogP contribution in [-0.2, 0) is 14.3 Å². The molecule has 0 heterocycles. The maximum absolute atomic E-state index is 12.0. The molecule has 1 N–H and O–H groups in total. The summed E-state index contributed by atoms with van der Waals surface area (Å²) in [6.07, 6.45) is 1.70. The normalized spacial score (nSPS) is 20.0. The van der Waals surface area contributed by atoms with E-state index in [2.05, 4.69) is 10.1 Å². The molecular weight excluding hydrogens is 313 g/mol. The predicted octanol–water partition coefficient (Wildman–Crippen LogP) is 3.17. The molecule has 1 aromatic carbocycles. The van der Waals surface area contributed by atoms with Gasteiger partial charge in [0.25, 0.3) is 0 Å². The maximum Gasteiger partial charge on any atom is 0.305 e. The highest BCUT2D eigenvalue weighted by molar-refractivity contribution is 6.34. The molecule has 0 spiro atoms. The van der Waals surface area contributed by atoms with Gasteiger partial charge in [0, 0.05) is 28.9 Å². The second-order valence-electron chi connectivity index (χ2n) is 5.12. The highest BCUT2D eigenvalue weighted by Crippen LogP contribution is 2.48. The summed E-state index contributed by atoms with van der Waals surface area (Å²) in [7, 11) is 1.35. The van der Waals surface area contributed by atoms with Crippen molar-refractivity contribution in [2.75, 3.05) is 13.7 Å². The summed E-state index contributed by atoms with van der Waals surface area (Å²) in [5.41, 5.74) is 1.00. The standard InChI is InChI=1S/C15H17Cl2NO3/c1-21-14(19)3-2-4-18-15(20)13-8-12(13)9-5-10(16)7-11(17)6-9/h5-7,12-13H,2-4,8H2,1H3,(H,18,20)/t12-,13-/m1/s1. The zero-order valence-electron chi connectivity index (χ0n) is 11.7. The number of hydrogen-bond donors (Lipinski definition) is 1. The van der Waals surface area contributed by atoms with Crippen LogP contribution in [-0.4, -0.2) is 25.5 Å². The van der Waals surface area contributed by atoms with Gasteiger partial charge < -0.3 is 10.1 Å². The van der Waals surface area contributed by atoms with Crippen LogP contribution in [0.1, 0.15) is 30.7 Å². The van der Waals surface area contributed by atoms with Gasteiger partial charge in [-0.25, -0.2) is 0 Å². The fourth-order valence-electron chi connectivity index (χ4n) is 2.32. The lowest BCUT2D eigenvalue weighted by Crippen LogP contribution is -2.26. The first-order chi connectivity index (χ1) is 10.0. The van der Waals surface area contributed by atoms with Gasteiger partial charge in [-0.15, -0.1) is 0 Å². The Morgan fingerprint density at radius 1 is 1.29 bits per heavy atom. The van der Waals surface area contributed by atoms with Gasteiger partial charge in [0.15, 0.2) is 0 Å². The van der Waals surface area contributed by atoms with E-state index < -0.39 is 0 Å². The van der Waals surface area contributed by atoms with E-state index >= 15 is 0 Å². The van der Waals surface area contributed by atoms with Gasteiger partial charge in [0.05, 0.1) is 7.11 Å². The van der Waals surface area contributed by atoms with E-state index in [4.69, 9.17) is 23.2 Å². The van der Waals surface area contributed by atoms with Crippen LogP contribution < -0.4 is 5.32 Å². The molecule has 114 valence electrons. The molecular formula is C15H17Cl2NO3. The number of ether oxygens (including phenoxy) is 1. The van der Waals surface area contributed by atoms with E-state index in [9.17, 15) is 9.59 Å². The molecule has 1 saturated carbocycles. The van der Waals surface area contributed by atoms with E-state index in [-0.39, 0.29) is 23.7 Å². The minimum absolute atomic E-state index is 0.0148. The Hall–Kier alpha value is -1.26. The zero-order valence-corrected chi connectivity index (χ0v) is 13.2. The number of hydrogen-bond acceptors (Lipinski definition) is 3. The second kappa shape index (κ2) is 7.14. The molecule has 0 radical (unpaired) electrons. The van der Waals surface area contributed by atoms with Crippen LogP contribution in [0.5, 0.6) is 0 Å². The fraction of sp³-hybridized carbons (Fsp3) is 0.467. The lowest BCUT2D eigenvalue weighted by Gasteiger charge is -2.05. The summed E-state index contributed by atoms with van der Waals surface area (Å²) in [6.45, 7) is 0.480. The first-order valence-corrected chi connectivity index (χ1v) is 7.57. The molecule has 0 aromatic heterocycles. The van der Waals surface area contributed by atoms with E-state index in [1.165, 1.54) is 7.11 Å². The molecule has 1 fully saturated rings. The lowest BCUT2D eigenvalue weighted by molar-refractivity contribution is -0.140. The quantitative estimate of drug-likeness (QED) is 0.644. The van der Waals surface area contributed by atoms with Crippen molar-refractivity contribution < 1.29 is 14.3 Å². The summed E-state index contributed by atoms with van der Waals surface area (Å²) < 4.78 is 4.54. The molecule has 4 nitrogen and oxygen atoms in total. The number of carbonyl (C=O) groups excluding carboxylic acids is 2. The number of carbonyl (C=O) groups is 2. The summed E-state index contributed by atoms with van der Waals surface area (Å²) in [5, 5.41) is 4.01. The topological polar surface area (TPSA) is 55.4 Å². The average Bonchev–Trinajstić information content (AvgIpc) is 3.22. The highest BCUT2D eigenvalue weighted by Gasteiger charge is 2.43. The third-order valence-corrected chi connectivity index (χ3v) is 3.96. The predicted molar refractivity (Wildman–Crippen MR) is 81.6 cm³/mol. The van der Waals surface area contributed by atoms with Crippen LogP contribution in [0.4, 0.5) is 0 Å². The molecule has 1 aromatic rings. The molecule has 2 atom stereocenters. The fourth-order valence-corrected chi connectivity index (χ4v) is 2.86. The SMILES string of the molecule is COC(=O)CCCNC(=O)[C@@H]1C[C@@H]1c1cc(Cl)cc(Cl)c1. The average molecular weight is 330 g/mol. The van der Waals surface area contributed by atoms with Crippen molar-refractivity contribution >= 4 is 35.1 Å². The smallest absolute Gasteiger partial charge is 0.305 e. The summed E-state index contributed by atoms with van der Waals surface area (Å²) in [6, 6.07) is 5.38. The molecule has 6 heteroatoms. The Morgan fingerprint density at radius 3 is 2.57 bits per heavy atom. The highest BCUT2D eigenvalue weighted by atomic mass is 35.5. The maximum atomic E-state index is 12.0. The molecule has 1 amide bonds. The number of methoxy groups -OCH3 is 1. The van der Waals surface area contributed by atoms with E-state index in [0.717, 1.165) is 12.0 Å². The summed E-state index contributed by atoms with van der Waals surface area (Å²) in [4.78, 5) is 22.9. The third kappa shape index (κ3) is 4.61. The molecule has 0 aliphatic heterocycles. The number of amides is 1. The van der Waals surface area contributed by atoms with Crippen LogP contribution in [0.3, 0.4) is 0 Å². The monoisotopic (exact) mass is 329 g/mol. The lowest BCUT2D eigenvalue weighted by atomic mass is 10.1. The number of nitrogens with one attached hydrogen (secondary N) is 1. The Kier molecular flexibility index (Phi) is 5.48. The van der Waals surface area contributed by atoms with Crippen LogP contribution in [0.25, 0.3) is 0 Å². The number of halogens is 2. The molecule has 1 aliphatic carbocycles. The van der Waals surface area contributed by atoms with Crippen molar-refractivity contribution in [1.29, 1.82) is 0 Å². The third-order valence-electron chi connectivity index (χ3n) is 3.52. The van der Waals surface area contributed by atoms with Gasteiger partial charge in [-0.1, -0.05) is 23.2 Å². The van der Waals surface area contributed by atoms with Crippen molar-refractivity contribution in [3.8, 4) is 0 Å². The van der Waals surface area contributed by atoms with Crippen LogP contribution in [0, 0.1) is 5.92 Å². The summed E-state index contributed by atoms with van der Waals surface area (Å²) in [5.74, 6) is -0.0949. The Morgan fingerprint density at radius 2 is 1.95 bits per heavy atom. The van der Waals surface area contributed by atoms with Crippen molar-refractivity contribution in [3.05, 3.63) is 33.8 Å². The largest absolute Gasteiger partial charge is 0.469 e. The van der Waals surface area contributed by atoms with E-state index in [1.54, 1.807) is 6.07 Å². The summed E-state index contributed by atoms with van der Waals surface area (Å²) >= 11 is 11.9. The van der Waals surface area contributed by atoms with Gasteiger partial charge >= 0.3 is 5.97 Å². The van der Waals surface area contributed by atoms with Gasteiger partial charge in [-0.05, 0) is 42.5 Å². The van der Waals surface area contributed by atoms with Crippen molar-refractivity contribution in [2.24, 2.45) is 5.92 Å². The Labute approximate surface area is 133 Å². The molecule has 21 heavy (non-hydrogen) atoms. The molecule has 2 rings (SSSR count).